The molecule has 0 N–H and O–H groups in total. The molecule has 0 bridgehead atoms. The molecule has 6 heteroatoms. The molecular formula is C15H17N3O2S. The topological polar surface area (TPSA) is 57.0 Å². The molecule has 0 spiro atoms. The molecule has 21 heavy (non-hydrogen) atoms. The molecule has 2 aromatic rings. The Morgan fingerprint density at radius 1 is 1.33 bits per heavy atom. The molecule has 1 aromatic heterocycles. The molecule has 0 unspecified atom stereocenters. The van der Waals surface area contributed by atoms with Crippen LogP contribution < -0.4 is 0 Å². The third kappa shape index (κ3) is 3.10. The van der Waals surface area contributed by atoms with Gasteiger partial charge in [-0.15, -0.1) is 10.2 Å². The number of rotatable bonds is 5. The van der Waals surface area contributed by atoms with E-state index in [9.17, 15) is 4.79 Å². The first kappa shape index (κ1) is 14.1. The Morgan fingerprint density at radius 2 is 2.05 bits per heavy atom. The third-order valence-electron chi connectivity index (χ3n) is 3.55. The highest BCUT2D eigenvalue weighted by Gasteiger charge is 2.29. The summed E-state index contributed by atoms with van der Waals surface area (Å²) in [5.41, 5.74) is 1.71. The summed E-state index contributed by atoms with van der Waals surface area (Å²) >= 11 is 1.66. The number of carbonyl (C=O) groups excluding carboxylic acids is 1. The van der Waals surface area contributed by atoms with E-state index < -0.39 is 0 Å². The minimum Gasteiger partial charge on any atom is -0.465 e. The number of carbonyl (C=O) groups is 1. The van der Waals surface area contributed by atoms with Gasteiger partial charge in [0.05, 0.1) is 12.7 Å². The van der Waals surface area contributed by atoms with Crippen molar-refractivity contribution in [1.82, 2.24) is 14.8 Å². The number of benzene rings is 1. The van der Waals surface area contributed by atoms with Crippen LogP contribution in [0.5, 0.6) is 0 Å². The minimum absolute atomic E-state index is 0.309. The fraction of sp³-hybridized carbons (Fsp3) is 0.400. The third-order valence-corrected chi connectivity index (χ3v) is 4.65. The molecule has 110 valence electrons. The van der Waals surface area contributed by atoms with Crippen LogP contribution in [0.3, 0.4) is 0 Å². The normalized spacial score (nSPS) is 14.2. The van der Waals surface area contributed by atoms with E-state index in [1.807, 2.05) is 19.2 Å². The molecule has 0 atom stereocenters. The van der Waals surface area contributed by atoms with Gasteiger partial charge in [-0.25, -0.2) is 4.79 Å². The maximum absolute atomic E-state index is 11.4. The molecule has 1 aliphatic rings. The van der Waals surface area contributed by atoms with Crippen molar-refractivity contribution in [1.29, 1.82) is 0 Å². The second kappa shape index (κ2) is 5.89. The smallest absolute Gasteiger partial charge is 0.337 e. The van der Waals surface area contributed by atoms with E-state index in [2.05, 4.69) is 19.5 Å². The van der Waals surface area contributed by atoms with Crippen molar-refractivity contribution in [3.63, 3.8) is 0 Å². The molecule has 0 saturated heterocycles. The Balaban J connectivity index is 1.63. The second-order valence-electron chi connectivity index (χ2n) is 5.15. The average Bonchev–Trinajstić information content (AvgIpc) is 3.29. The van der Waals surface area contributed by atoms with Crippen molar-refractivity contribution < 1.29 is 9.53 Å². The summed E-state index contributed by atoms with van der Waals surface area (Å²) in [5.74, 6) is 2.20. The van der Waals surface area contributed by atoms with E-state index in [0.29, 0.717) is 11.5 Å². The number of thioether (sulfide) groups is 1. The first-order chi connectivity index (χ1) is 10.2. The van der Waals surface area contributed by atoms with Gasteiger partial charge in [0.2, 0.25) is 0 Å². The highest BCUT2D eigenvalue weighted by molar-refractivity contribution is 7.98. The largest absolute Gasteiger partial charge is 0.465 e. The lowest BCUT2D eigenvalue weighted by Crippen LogP contribution is -2.00. The Bertz CT molecular complexity index is 647. The first-order valence-electron chi connectivity index (χ1n) is 6.88. The molecule has 1 aromatic carbocycles. The number of methoxy groups -OCH3 is 1. The van der Waals surface area contributed by atoms with Gasteiger partial charge >= 0.3 is 5.97 Å². The zero-order valence-electron chi connectivity index (χ0n) is 12.1. The van der Waals surface area contributed by atoms with Gasteiger partial charge in [0.25, 0.3) is 0 Å². The Labute approximate surface area is 127 Å². The summed E-state index contributed by atoms with van der Waals surface area (Å²) in [4.78, 5) is 11.4. The van der Waals surface area contributed by atoms with Gasteiger partial charge in [-0.05, 0) is 30.5 Å². The SMILES string of the molecule is COC(=O)c1ccc(CSc2nnc(C3CC3)n2C)cc1. The van der Waals surface area contributed by atoms with Crippen molar-refractivity contribution >= 4 is 17.7 Å². The van der Waals surface area contributed by atoms with Gasteiger partial charge in [0.15, 0.2) is 5.16 Å². The summed E-state index contributed by atoms with van der Waals surface area (Å²) in [6, 6.07) is 7.46. The van der Waals surface area contributed by atoms with Crippen LogP contribution in [0.2, 0.25) is 0 Å². The molecule has 3 rings (SSSR count). The fourth-order valence-electron chi connectivity index (χ4n) is 2.15. The molecular weight excluding hydrogens is 286 g/mol. The molecule has 1 fully saturated rings. The van der Waals surface area contributed by atoms with Crippen LogP contribution in [-0.4, -0.2) is 27.8 Å². The monoisotopic (exact) mass is 303 g/mol. The molecule has 0 aliphatic heterocycles. The van der Waals surface area contributed by atoms with Crippen LogP contribution in [-0.2, 0) is 17.5 Å². The highest BCUT2D eigenvalue weighted by atomic mass is 32.2. The van der Waals surface area contributed by atoms with E-state index in [1.54, 1.807) is 23.9 Å². The molecule has 0 amide bonds. The Kier molecular flexibility index (Phi) is 3.96. The molecule has 0 radical (unpaired) electrons. The number of aromatic nitrogens is 3. The van der Waals surface area contributed by atoms with Crippen molar-refractivity contribution in [3.05, 3.63) is 41.2 Å². The van der Waals surface area contributed by atoms with Crippen molar-refractivity contribution in [2.45, 2.75) is 29.7 Å². The van der Waals surface area contributed by atoms with E-state index in [0.717, 1.165) is 22.3 Å². The van der Waals surface area contributed by atoms with E-state index in [4.69, 9.17) is 0 Å². The quantitative estimate of drug-likeness (QED) is 0.628. The predicted molar refractivity (Wildman–Crippen MR) is 80.3 cm³/mol. The van der Waals surface area contributed by atoms with Gasteiger partial charge < -0.3 is 9.30 Å². The molecule has 1 heterocycles. The Hall–Kier alpha value is -1.82. The minimum atomic E-state index is -0.309. The van der Waals surface area contributed by atoms with Crippen LogP contribution in [0.25, 0.3) is 0 Å². The van der Waals surface area contributed by atoms with Crippen LogP contribution in [0.15, 0.2) is 29.4 Å². The molecule has 1 saturated carbocycles. The number of nitrogens with zero attached hydrogens (tertiary/aromatic N) is 3. The van der Waals surface area contributed by atoms with Crippen molar-refractivity contribution in [3.8, 4) is 0 Å². The van der Waals surface area contributed by atoms with Crippen molar-refractivity contribution in [2.24, 2.45) is 7.05 Å². The van der Waals surface area contributed by atoms with Gasteiger partial charge in [-0.2, -0.15) is 0 Å². The summed E-state index contributed by atoms with van der Waals surface area (Å²) < 4.78 is 6.77. The van der Waals surface area contributed by atoms with Crippen LogP contribution in [0, 0.1) is 0 Å². The lowest BCUT2D eigenvalue weighted by atomic mass is 10.1. The maximum atomic E-state index is 11.4. The van der Waals surface area contributed by atoms with Crippen molar-refractivity contribution in [2.75, 3.05) is 7.11 Å². The molecule has 1 aliphatic carbocycles. The Morgan fingerprint density at radius 3 is 2.67 bits per heavy atom. The lowest BCUT2D eigenvalue weighted by molar-refractivity contribution is 0.0600. The van der Waals surface area contributed by atoms with E-state index in [1.165, 1.54) is 20.0 Å². The van der Waals surface area contributed by atoms with Gasteiger partial charge in [-0.3, -0.25) is 0 Å². The number of hydrogen-bond donors (Lipinski definition) is 0. The fourth-order valence-corrected chi connectivity index (χ4v) is 3.03. The summed E-state index contributed by atoms with van der Waals surface area (Å²) in [6.07, 6.45) is 2.46. The van der Waals surface area contributed by atoms with Crippen LogP contribution >= 0.6 is 11.8 Å². The van der Waals surface area contributed by atoms with E-state index >= 15 is 0 Å². The lowest BCUT2D eigenvalue weighted by Gasteiger charge is -2.04. The van der Waals surface area contributed by atoms with E-state index in [-0.39, 0.29) is 5.97 Å². The standard InChI is InChI=1S/C15H17N3O2S/c1-18-13(11-7-8-11)16-17-15(18)21-9-10-3-5-12(6-4-10)14(19)20-2/h3-6,11H,7-9H2,1-2H3. The van der Waals surface area contributed by atoms with Gasteiger partial charge in [0.1, 0.15) is 5.82 Å². The average molecular weight is 303 g/mol. The summed E-state index contributed by atoms with van der Waals surface area (Å²) in [5, 5.41) is 9.46. The summed E-state index contributed by atoms with van der Waals surface area (Å²) in [6.45, 7) is 0. The number of hydrogen-bond acceptors (Lipinski definition) is 5. The zero-order chi connectivity index (χ0) is 14.8. The highest BCUT2D eigenvalue weighted by Crippen LogP contribution is 2.39. The second-order valence-corrected chi connectivity index (χ2v) is 6.09. The molecule has 5 nitrogen and oxygen atoms in total. The maximum Gasteiger partial charge on any atom is 0.337 e. The van der Waals surface area contributed by atoms with Crippen LogP contribution in [0.1, 0.15) is 40.5 Å². The van der Waals surface area contributed by atoms with Gasteiger partial charge in [0, 0.05) is 18.7 Å². The zero-order valence-corrected chi connectivity index (χ0v) is 12.9. The first-order valence-corrected chi connectivity index (χ1v) is 7.87. The summed E-state index contributed by atoms with van der Waals surface area (Å²) in [7, 11) is 3.41. The van der Waals surface area contributed by atoms with Crippen LogP contribution in [0.4, 0.5) is 0 Å². The predicted octanol–water partition coefficient (Wildman–Crippen LogP) is 2.77. The van der Waals surface area contributed by atoms with Gasteiger partial charge in [-0.1, -0.05) is 23.9 Å². The number of esters is 1. The number of ether oxygens (including phenoxy) is 1.